The maximum absolute atomic E-state index is 9.94. The van der Waals surface area contributed by atoms with Gasteiger partial charge in [-0.15, -0.1) is 4.79 Å². The van der Waals surface area contributed by atoms with Gasteiger partial charge in [-0.1, -0.05) is 16.9 Å². The third-order valence-electron chi connectivity index (χ3n) is 1.07. The van der Waals surface area contributed by atoms with Crippen molar-refractivity contribution in [2.75, 3.05) is 24.9 Å². The fraction of sp³-hybridized carbons (Fsp3) is 0.600. The monoisotopic (exact) mass is 186 g/mol. The summed E-state index contributed by atoms with van der Waals surface area (Å²) >= 11 is 1.24. The number of hydrogen-bond donors (Lipinski definition) is 0. The van der Waals surface area contributed by atoms with Gasteiger partial charge in [0.1, 0.15) is 0 Å². The van der Waals surface area contributed by atoms with E-state index < -0.39 is 0 Å². The number of thioether (sulfide) groups is 1. The smallest absolute Gasteiger partial charge is 0.231 e. The molecule has 0 aliphatic heterocycles. The summed E-state index contributed by atoms with van der Waals surface area (Å²) in [4.78, 5) is 11.4. The summed E-state index contributed by atoms with van der Waals surface area (Å²) in [6.07, 6.45) is 1.76. The van der Waals surface area contributed by atoms with Crippen molar-refractivity contribution >= 4 is 18.0 Å². The molecule has 0 aliphatic rings. The summed E-state index contributed by atoms with van der Waals surface area (Å²) in [7, 11) is 3.62. The first-order valence-electron chi connectivity index (χ1n) is 3.19. The minimum Gasteiger partial charge on any atom is -0.299 e. The first kappa shape index (κ1) is 8.98. The largest absolute Gasteiger partial charge is 0.299 e. The number of rotatable bonds is 4. The Kier molecular flexibility index (Phi) is 3.03. The first-order chi connectivity index (χ1) is 5.75. The zero-order valence-electron chi connectivity index (χ0n) is 6.76. The van der Waals surface area contributed by atoms with Gasteiger partial charge in [-0.25, -0.2) is 0 Å². The molecule has 65 valence electrons. The van der Waals surface area contributed by atoms with Crippen LogP contribution in [0.25, 0.3) is 0 Å². The summed E-state index contributed by atoms with van der Waals surface area (Å²) in [6.45, 7) is 0. The van der Waals surface area contributed by atoms with Crippen molar-refractivity contribution in [3.8, 4) is 0 Å². The molecule has 0 atom stereocenters. The Hall–Kier alpha value is -1.11. The summed E-state index contributed by atoms with van der Waals surface area (Å²) in [5.74, 6) is 0.244. The topological polar surface area (TPSA) is 63.9 Å². The van der Waals surface area contributed by atoms with E-state index >= 15 is 0 Å². The van der Waals surface area contributed by atoms with Gasteiger partial charge in [0.05, 0.1) is 5.75 Å². The van der Waals surface area contributed by atoms with Crippen LogP contribution in [-0.4, -0.2) is 46.5 Å². The first-order valence-corrected chi connectivity index (χ1v) is 4.18. The van der Waals surface area contributed by atoms with Crippen molar-refractivity contribution < 1.29 is 4.79 Å². The summed E-state index contributed by atoms with van der Waals surface area (Å²) in [6, 6.07) is 0. The predicted molar refractivity (Wildman–Crippen MR) is 44.3 cm³/mol. The molecule has 0 saturated carbocycles. The molecule has 1 aromatic rings. The van der Waals surface area contributed by atoms with Crippen LogP contribution in [0.5, 0.6) is 0 Å². The van der Waals surface area contributed by atoms with Crippen LogP contribution in [0.2, 0.25) is 0 Å². The lowest BCUT2D eigenvalue weighted by Gasteiger charge is -2.11. The van der Waals surface area contributed by atoms with Gasteiger partial charge in [-0.3, -0.25) is 9.80 Å². The molecule has 0 bridgehead atoms. The average molecular weight is 186 g/mol. The molecule has 0 amide bonds. The Morgan fingerprint density at radius 2 is 2.42 bits per heavy atom. The highest BCUT2D eigenvalue weighted by Crippen LogP contribution is 2.10. The number of nitrogens with zero attached hydrogens (tertiary/aromatic N) is 5. The lowest BCUT2D eigenvalue weighted by molar-refractivity contribution is 0.559. The molecule has 6 nitrogen and oxygen atoms in total. The SMILES string of the molecule is CN(C)n1nnnc1SC[C]=O. The van der Waals surface area contributed by atoms with Crippen molar-refractivity contribution in [2.45, 2.75) is 5.16 Å². The van der Waals surface area contributed by atoms with E-state index in [2.05, 4.69) is 15.5 Å². The standard InChI is InChI=1S/C5H8N5OS/c1-9(2)10-5(6-7-8-10)12-4-3-11/h4H2,1-2H3. The fourth-order valence-corrected chi connectivity index (χ4v) is 1.20. The van der Waals surface area contributed by atoms with E-state index in [0.717, 1.165) is 0 Å². The lowest BCUT2D eigenvalue weighted by Crippen LogP contribution is -2.27. The molecule has 0 spiro atoms. The highest BCUT2D eigenvalue weighted by Gasteiger charge is 2.06. The van der Waals surface area contributed by atoms with E-state index in [1.807, 2.05) is 14.1 Å². The second-order valence-corrected chi connectivity index (χ2v) is 3.07. The van der Waals surface area contributed by atoms with Gasteiger partial charge in [-0.05, 0) is 10.4 Å². The third kappa shape index (κ3) is 1.94. The zero-order valence-corrected chi connectivity index (χ0v) is 7.58. The van der Waals surface area contributed by atoms with Crippen LogP contribution >= 0.6 is 11.8 Å². The minimum absolute atomic E-state index is 0.244. The van der Waals surface area contributed by atoms with Gasteiger partial charge < -0.3 is 0 Å². The van der Waals surface area contributed by atoms with Crippen LogP contribution in [-0.2, 0) is 4.79 Å². The maximum Gasteiger partial charge on any atom is 0.231 e. The average Bonchev–Trinajstić information content (AvgIpc) is 2.48. The molecule has 0 fully saturated rings. The van der Waals surface area contributed by atoms with E-state index in [1.165, 1.54) is 16.6 Å². The van der Waals surface area contributed by atoms with Gasteiger partial charge in [0.25, 0.3) is 0 Å². The summed E-state index contributed by atoms with van der Waals surface area (Å²) in [5.41, 5.74) is 0. The molecule has 1 heterocycles. The van der Waals surface area contributed by atoms with Crippen molar-refractivity contribution in [1.82, 2.24) is 20.3 Å². The van der Waals surface area contributed by atoms with Crippen molar-refractivity contribution in [2.24, 2.45) is 0 Å². The molecule has 0 N–H and O–H groups in total. The number of aromatic nitrogens is 4. The van der Waals surface area contributed by atoms with E-state index in [0.29, 0.717) is 5.16 Å². The van der Waals surface area contributed by atoms with E-state index in [-0.39, 0.29) is 5.75 Å². The molecule has 0 aliphatic carbocycles. The molecule has 0 unspecified atom stereocenters. The highest BCUT2D eigenvalue weighted by atomic mass is 32.2. The third-order valence-corrected chi connectivity index (χ3v) is 1.83. The Bertz CT molecular complexity index is 260. The van der Waals surface area contributed by atoms with Crippen LogP contribution in [0.3, 0.4) is 0 Å². The molecular weight excluding hydrogens is 178 g/mol. The fourth-order valence-electron chi connectivity index (χ4n) is 0.606. The van der Waals surface area contributed by atoms with E-state index in [1.54, 1.807) is 11.3 Å². The van der Waals surface area contributed by atoms with Gasteiger partial charge in [0.2, 0.25) is 11.4 Å². The Morgan fingerprint density at radius 1 is 1.67 bits per heavy atom. The van der Waals surface area contributed by atoms with Crippen LogP contribution < -0.4 is 5.01 Å². The molecule has 0 saturated heterocycles. The van der Waals surface area contributed by atoms with Crippen molar-refractivity contribution in [3.63, 3.8) is 0 Å². The van der Waals surface area contributed by atoms with Gasteiger partial charge in [0.15, 0.2) is 0 Å². The quantitative estimate of drug-likeness (QED) is 0.566. The molecule has 12 heavy (non-hydrogen) atoms. The van der Waals surface area contributed by atoms with Gasteiger partial charge in [0, 0.05) is 14.1 Å². The van der Waals surface area contributed by atoms with Crippen LogP contribution in [0.1, 0.15) is 0 Å². The predicted octanol–water partition coefficient (Wildman–Crippen LogP) is -0.928. The zero-order chi connectivity index (χ0) is 8.97. The normalized spacial score (nSPS) is 9.83. The van der Waals surface area contributed by atoms with E-state index in [9.17, 15) is 4.79 Å². The maximum atomic E-state index is 9.94. The number of hydrogen-bond acceptors (Lipinski definition) is 6. The van der Waals surface area contributed by atoms with Crippen molar-refractivity contribution in [3.05, 3.63) is 0 Å². The summed E-state index contributed by atoms with van der Waals surface area (Å²) in [5, 5.41) is 13.2. The lowest BCUT2D eigenvalue weighted by atomic mass is 10.9. The Balaban J connectivity index is 2.70. The molecular formula is C5H8N5OS. The molecule has 1 aromatic heterocycles. The minimum atomic E-state index is 0.244. The molecule has 7 heteroatoms. The van der Waals surface area contributed by atoms with Crippen molar-refractivity contribution in [1.29, 1.82) is 0 Å². The molecule has 1 radical (unpaired) electrons. The molecule has 1 rings (SSSR count). The number of carbonyl (C=O) groups excluding carboxylic acids is 1. The molecule has 0 aromatic carbocycles. The number of tetrazole rings is 1. The van der Waals surface area contributed by atoms with E-state index in [4.69, 9.17) is 0 Å². The summed E-state index contributed by atoms with van der Waals surface area (Å²) < 4.78 is 0. The van der Waals surface area contributed by atoms with Crippen LogP contribution in [0, 0.1) is 0 Å². The second-order valence-electron chi connectivity index (χ2n) is 2.13. The van der Waals surface area contributed by atoms with Crippen LogP contribution in [0.15, 0.2) is 5.16 Å². The Labute approximate surface area is 73.9 Å². The van der Waals surface area contributed by atoms with Gasteiger partial charge in [-0.2, -0.15) is 0 Å². The van der Waals surface area contributed by atoms with Gasteiger partial charge >= 0.3 is 0 Å². The van der Waals surface area contributed by atoms with Crippen LogP contribution in [0.4, 0.5) is 0 Å². The Morgan fingerprint density at radius 3 is 3.00 bits per heavy atom. The second kappa shape index (κ2) is 4.05. The highest BCUT2D eigenvalue weighted by molar-refractivity contribution is 7.99.